The van der Waals surface area contributed by atoms with Crippen molar-refractivity contribution in [1.29, 1.82) is 0 Å². The number of thiocarbonyl (C=S) groups is 1. The molecule has 0 saturated carbocycles. The van der Waals surface area contributed by atoms with Crippen molar-refractivity contribution in [3.63, 3.8) is 0 Å². The Balaban J connectivity index is 1.94. The van der Waals surface area contributed by atoms with Gasteiger partial charge in [0.25, 0.3) is 0 Å². The van der Waals surface area contributed by atoms with Gasteiger partial charge in [0.15, 0.2) is 5.11 Å². The molecule has 0 aromatic heterocycles. The molecule has 0 atom stereocenters. The summed E-state index contributed by atoms with van der Waals surface area (Å²) in [7, 11) is 0. The molecule has 1 aromatic carbocycles. The molecule has 0 radical (unpaired) electrons. The molecule has 102 valence electrons. The topological polar surface area (TPSA) is 53.6 Å². The minimum absolute atomic E-state index is 0.178. The van der Waals surface area contributed by atoms with E-state index in [1.807, 2.05) is 24.3 Å². The van der Waals surface area contributed by atoms with Gasteiger partial charge in [-0.05, 0) is 36.5 Å². The van der Waals surface area contributed by atoms with E-state index in [1.165, 1.54) is 12.6 Å². The highest BCUT2D eigenvalue weighted by Gasteiger charge is 2.10. The third kappa shape index (κ3) is 4.18. The molecule has 1 aliphatic heterocycles. The summed E-state index contributed by atoms with van der Waals surface area (Å²) in [5.74, 6) is -0.178. The molecule has 2 rings (SSSR count). The van der Waals surface area contributed by atoms with E-state index in [-0.39, 0.29) is 5.91 Å². The number of carbonyl (C=O) groups excluding carboxylic acids is 1. The summed E-state index contributed by atoms with van der Waals surface area (Å²) in [6.45, 7) is 4.79. The number of carbonyl (C=O) groups is 1. The summed E-state index contributed by atoms with van der Waals surface area (Å²) in [4.78, 5) is 13.1. The first-order valence-electron chi connectivity index (χ1n) is 6.16. The fourth-order valence-corrected chi connectivity index (χ4v) is 2.16. The van der Waals surface area contributed by atoms with Crippen LogP contribution < -0.4 is 15.5 Å². The number of hydrogen-bond donors (Lipinski definition) is 2. The van der Waals surface area contributed by atoms with Crippen molar-refractivity contribution < 1.29 is 9.53 Å². The van der Waals surface area contributed by atoms with Crippen LogP contribution in [0.2, 0.25) is 0 Å². The van der Waals surface area contributed by atoms with Crippen molar-refractivity contribution in [2.75, 3.05) is 36.5 Å². The van der Waals surface area contributed by atoms with Crippen molar-refractivity contribution in [2.45, 2.75) is 6.92 Å². The summed E-state index contributed by atoms with van der Waals surface area (Å²) in [6, 6.07) is 7.95. The summed E-state index contributed by atoms with van der Waals surface area (Å²) in [5.41, 5.74) is 2.02. The minimum atomic E-state index is -0.178. The normalized spacial score (nSPS) is 14.9. The Labute approximate surface area is 117 Å². The molecular weight excluding hydrogens is 262 g/mol. The van der Waals surface area contributed by atoms with Gasteiger partial charge in [-0.2, -0.15) is 0 Å². The van der Waals surface area contributed by atoms with Gasteiger partial charge in [-0.15, -0.1) is 0 Å². The fraction of sp³-hybridized carbons (Fsp3) is 0.385. The summed E-state index contributed by atoms with van der Waals surface area (Å²) < 4.78 is 5.32. The highest BCUT2D eigenvalue weighted by molar-refractivity contribution is 7.80. The van der Waals surface area contributed by atoms with Crippen LogP contribution >= 0.6 is 12.2 Å². The average molecular weight is 279 g/mol. The van der Waals surface area contributed by atoms with E-state index < -0.39 is 0 Å². The van der Waals surface area contributed by atoms with E-state index in [2.05, 4.69) is 15.5 Å². The third-order valence-electron chi connectivity index (χ3n) is 2.79. The second-order valence-corrected chi connectivity index (χ2v) is 4.69. The largest absolute Gasteiger partial charge is 0.378 e. The molecule has 0 bridgehead atoms. The Bertz CT molecular complexity index is 455. The second-order valence-electron chi connectivity index (χ2n) is 4.28. The number of ether oxygens (including phenoxy) is 1. The van der Waals surface area contributed by atoms with Crippen molar-refractivity contribution in [2.24, 2.45) is 0 Å². The lowest BCUT2D eigenvalue weighted by Gasteiger charge is -2.28. The zero-order chi connectivity index (χ0) is 13.7. The van der Waals surface area contributed by atoms with E-state index in [0.29, 0.717) is 5.11 Å². The lowest BCUT2D eigenvalue weighted by Crippen LogP contribution is -2.36. The van der Waals surface area contributed by atoms with Crippen LogP contribution in [0.15, 0.2) is 24.3 Å². The number of anilines is 2. The number of rotatable bonds is 2. The van der Waals surface area contributed by atoms with Gasteiger partial charge >= 0.3 is 0 Å². The van der Waals surface area contributed by atoms with Gasteiger partial charge in [-0.25, -0.2) is 0 Å². The van der Waals surface area contributed by atoms with Crippen LogP contribution in [-0.4, -0.2) is 37.3 Å². The highest BCUT2D eigenvalue weighted by Crippen LogP contribution is 2.18. The van der Waals surface area contributed by atoms with Crippen LogP contribution in [0, 0.1) is 0 Å². The fourth-order valence-electron chi connectivity index (χ4n) is 1.90. The van der Waals surface area contributed by atoms with E-state index in [4.69, 9.17) is 17.0 Å². The Hall–Kier alpha value is -1.66. The average Bonchev–Trinajstić information content (AvgIpc) is 2.39. The maximum absolute atomic E-state index is 10.8. The predicted octanol–water partition coefficient (Wildman–Crippen LogP) is 1.36. The summed E-state index contributed by atoms with van der Waals surface area (Å²) in [5, 5.41) is 5.80. The smallest absolute Gasteiger partial charge is 0.222 e. The van der Waals surface area contributed by atoms with Gasteiger partial charge in [0.2, 0.25) is 5.91 Å². The first-order chi connectivity index (χ1) is 9.15. The van der Waals surface area contributed by atoms with Crippen LogP contribution in [0.25, 0.3) is 0 Å². The molecular formula is C13H17N3O2S. The maximum Gasteiger partial charge on any atom is 0.222 e. The van der Waals surface area contributed by atoms with Gasteiger partial charge in [0.05, 0.1) is 13.2 Å². The van der Waals surface area contributed by atoms with E-state index in [1.54, 1.807) is 0 Å². The van der Waals surface area contributed by atoms with Crippen molar-refractivity contribution >= 4 is 34.6 Å². The van der Waals surface area contributed by atoms with Crippen LogP contribution in [0.4, 0.5) is 11.4 Å². The van der Waals surface area contributed by atoms with Gasteiger partial charge < -0.3 is 20.3 Å². The predicted molar refractivity (Wildman–Crippen MR) is 79.5 cm³/mol. The van der Waals surface area contributed by atoms with Crippen LogP contribution in [0.5, 0.6) is 0 Å². The standard InChI is InChI=1S/C13H17N3O2S/c1-10(17)14-13(19)15-11-2-4-12(5-3-11)16-6-8-18-9-7-16/h2-5H,6-9H2,1H3,(H2,14,15,17,19). The zero-order valence-corrected chi connectivity index (χ0v) is 11.6. The summed E-state index contributed by atoms with van der Waals surface area (Å²) in [6.07, 6.45) is 0. The molecule has 5 nitrogen and oxygen atoms in total. The number of nitrogens with one attached hydrogen (secondary N) is 2. The maximum atomic E-state index is 10.8. The lowest BCUT2D eigenvalue weighted by molar-refractivity contribution is -0.117. The first-order valence-corrected chi connectivity index (χ1v) is 6.57. The second kappa shape index (κ2) is 6.49. The van der Waals surface area contributed by atoms with Crippen LogP contribution in [-0.2, 0) is 9.53 Å². The number of benzene rings is 1. The van der Waals surface area contributed by atoms with Crippen molar-refractivity contribution in [3.8, 4) is 0 Å². The lowest BCUT2D eigenvalue weighted by atomic mass is 10.2. The highest BCUT2D eigenvalue weighted by atomic mass is 32.1. The van der Waals surface area contributed by atoms with E-state index >= 15 is 0 Å². The van der Waals surface area contributed by atoms with E-state index in [0.717, 1.165) is 32.0 Å². The molecule has 0 spiro atoms. The number of amides is 1. The molecule has 6 heteroatoms. The zero-order valence-electron chi connectivity index (χ0n) is 10.8. The molecule has 1 aromatic rings. The molecule has 1 saturated heterocycles. The number of nitrogens with zero attached hydrogens (tertiary/aromatic N) is 1. The van der Waals surface area contributed by atoms with Crippen LogP contribution in [0.1, 0.15) is 6.92 Å². The van der Waals surface area contributed by atoms with Gasteiger partial charge in [0, 0.05) is 31.4 Å². The number of hydrogen-bond acceptors (Lipinski definition) is 4. The molecule has 2 N–H and O–H groups in total. The quantitative estimate of drug-likeness (QED) is 0.801. The van der Waals surface area contributed by atoms with Crippen LogP contribution in [0.3, 0.4) is 0 Å². The van der Waals surface area contributed by atoms with Crippen molar-refractivity contribution in [1.82, 2.24) is 5.32 Å². The van der Waals surface area contributed by atoms with Gasteiger partial charge in [-0.1, -0.05) is 0 Å². The SMILES string of the molecule is CC(=O)NC(=S)Nc1ccc(N2CCOCC2)cc1. The minimum Gasteiger partial charge on any atom is -0.378 e. The third-order valence-corrected chi connectivity index (χ3v) is 3.00. The molecule has 1 heterocycles. The van der Waals surface area contributed by atoms with Crippen molar-refractivity contribution in [3.05, 3.63) is 24.3 Å². The van der Waals surface area contributed by atoms with Gasteiger partial charge in [0.1, 0.15) is 0 Å². The molecule has 1 fully saturated rings. The van der Waals surface area contributed by atoms with Gasteiger partial charge in [-0.3, -0.25) is 4.79 Å². The summed E-state index contributed by atoms with van der Waals surface area (Å²) >= 11 is 5.00. The Morgan fingerprint density at radius 2 is 1.89 bits per heavy atom. The molecule has 0 aliphatic carbocycles. The van der Waals surface area contributed by atoms with E-state index in [9.17, 15) is 4.79 Å². The Morgan fingerprint density at radius 1 is 1.26 bits per heavy atom. The number of morpholine rings is 1. The molecule has 19 heavy (non-hydrogen) atoms. The Morgan fingerprint density at radius 3 is 2.47 bits per heavy atom. The molecule has 1 aliphatic rings. The Kier molecular flexibility index (Phi) is 4.70. The molecule has 0 unspecified atom stereocenters. The molecule has 1 amide bonds. The first kappa shape index (κ1) is 13.8. The monoisotopic (exact) mass is 279 g/mol.